The van der Waals surface area contributed by atoms with E-state index in [0.29, 0.717) is 43.1 Å². The van der Waals surface area contributed by atoms with Gasteiger partial charge in [-0.1, -0.05) is 36.4 Å². The van der Waals surface area contributed by atoms with Crippen LogP contribution in [0.1, 0.15) is 43.0 Å². The molecule has 0 aliphatic carbocycles. The fraction of sp³-hybridized carbons (Fsp3) is 0.231. The first-order valence-corrected chi connectivity index (χ1v) is 10.8. The third-order valence-electron chi connectivity index (χ3n) is 5.83. The number of benzene rings is 3. The third-order valence-corrected chi connectivity index (χ3v) is 5.83. The van der Waals surface area contributed by atoms with Gasteiger partial charge in [0.2, 0.25) is 0 Å². The van der Waals surface area contributed by atoms with Crippen molar-refractivity contribution in [2.24, 2.45) is 0 Å². The highest BCUT2D eigenvalue weighted by Gasteiger charge is 2.37. The zero-order valence-corrected chi connectivity index (χ0v) is 18.2. The highest BCUT2D eigenvalue weighted by atomic mass is 19.4. The predicted molar refractivity (Wildman–Crippen MR) is 119 cm³/mol. The van der Waals surface area contributed by atoms with E-state index in [1.54, 1.807) is 18.2 Å². The number of nitrogens with zero attached hydrogens (tertiary/aromatic N) is 1. The van der Waals surface area contributed by atoms with Crippen LogP contribution in [0.25, 0.3) is 0 Å². The van der Waals surface area contributed by atoms with E-state index >= 15 is 0 Å². The smallest absolute Gasteiger partial charge is 0.352 e. The first-order valence-electron chi connectivity index (χ1n) is 10.8. The quantitative estimate of drug-likeness (QED) is 0.533. The molecule has 2 amide bonds. The zero-order valence-electron chi connectivity index (χ0n) is 18.2. The molecule has 0 saturated carbocycles. The first-order chi connectivity index (χ1) is 16.2. The molecule has 0 spiro atoms. The van der Waals surface area contributed by atoms with E-state index in [1.165, 1.54) is 4.90 Å². The third kappa shape index (κ3) is 5.27. The van der Waals surface area contributed by atoms with Gasteiger partial charge < -0.3 is 10.2 Å². The van der Waals surface area contributed by atoms with Crippen LogP contribution in [0.15, 0.2) is 66.7 Å². The second-order valence-corrected chi connectivity index (χ2v) is 8.14. The van der Waals surface area contributed by atoms with Gasteiger partial charge in [-0.3, -0.25) is 9.59 Å². The van der Waals surface area contributed by atoms with Crippen molar-refractivity contribution in [1.82, 2.24) is 10.2 Å². The summed E-state index contributed by atoms with van der Waals surface area (Å²) in [5.74, 6) is -2.00. The summed E-state index contributed by atoms with van der Waals surface area (Å²) in [6.45, 7) is 0.730. The van der Waals surface area contributed by atoms with E-state index in [9.17, 15) is 27.2 Å². The molecule has 4 nitrogen and oxygen atoms in total. The van der Waals surface area contributed by atoms with E-state index in [1.807, 2.05) is 30.3 Å². The number of fused-ring (bicyclic) bond motifs is 1. The van der Waals surface area contributed by atoms with Crippen LogP contribution in [0.3, 0.4) is 0 Å². The maximum atomic E-state index is 13.6. The predicted octanol–water partition coefficient (Wildman–Crippen LogP) is 5.02. The number of halogens is 4. The molecular weight excluding hydrogens is 448 g/mol. The van der Waals surface area contributed by atoms with Crippen molar-refractivity contribution in [1.29, 1.82) is 0 Å². The Morgan fingerprint density at radius 3 is 2.44 bits per heavy atom. The van der Waals surface area contributed by atoms with Crippen molar-refractivity contribution in [3.8, 4) is 0 Å². The largest absolute Gasteiger partial charge is 0.417 e. The number of hydrogen-bond acceptors (Lipinski definition) is 2. The number of alkyl halides is 3. The van der Waals surface area contributed by atoms with Crippen LogP contribution >= 0.6 is 0 Å². The van der Waals surface area contributed by atoms with Gasteiger partial charge in [0.1, 0.15) is 5.82 Å². The molecule has 1 aliphatic heterocycles. The summed E-state index contributed by atoms with van der Waals surface area (Å²) < 4.78 is 53.6. The minimum absolute atomic E-state index is 0.0812. The van der Waals surface area contributed by atoms with Crippen LogP contribution in [0.5, 0.6) is 0 Å². The van der Waals surface area contributed by atoms with Gasteiger partial charge in [0.15, 0.2) is 0 Å². The average molecular weight is 470 g/mol. The van der Waals surface area contributed by atoms with Gasteiger partial charge in [0.05, 0.1) is 11.1 Å². The molecule has 4 rings (SSSR count). The average Bonchev–Trinajstić information content (AvgIpc) is 2.82. The summed E-state index contributed by atoms with van der Waals surface area (Å²) in [6, 6.07) is 16.8. The highest BCUT2D eigenvalue weighted by Crippen LogP contribution is 2.33. The summed E-state index contributed by atoms with van der Waals surface area (Å²) in [5, 5.41) is 2.88. The van der Waals surface area contributed by atoms with E-state index in [4.69, 9.17) is 0 Å². The lowest BCUT2D eigenvalue weighted by Crippen LogP contribution is -2.37. The number of nitrogens with one attached hydrogen (secondary N) is 1. The van der Waals surface area contributed by atoms with E-state index in [2.05, 4.69) is 5.32 Å². The molecule has 0 aromatic heterocycles. The van der Waals surface area contributed by atoms with Gasteiger partial charge in [-0.25, -0.2) is 4.39 Å². The highest BCUT2D eigenvalue weighted by molar-refractivity contribution is 5.96. The molecule has 0 unspecified atom stereocenters. The van der Waals surface area contributed by atoms with E-state index < -0.39 is 29.0 Å². The Morgan fingerprint density at radius 1 is 0.941 bits per heavy atom. The Labute approximate surface area is 194 Å². The summed E-state index contributed by atoms with van der Waals surface area (Å²) >= 11 is 0. The fourth-order valence-electron chi connectivity index (χ4n) is 4.05. The normalized spacial score (nSPS) is 13.4. The van der Waals surface area contributed by atoms with E-state index in [-0.39, 0.29) is 19.0 Å². The second kappa shape index (κ2) is 9.67. The molecule has 3 aromatic carbocycles. The second-order valence-electron chi connectivity index (χ2n) is 8.14. The summed E-state index contributed by atoms with van der Waals surface area (Å²) in [6.07, 6.45) is -3.69. The molecule has 1 N–H and O–H groups in total. The number of carbonyl (C=O) groups excluding carboxylic acids is 2. The first kappa shape index (κ1) is 23.5. The number of rotatable bonds is 5. The zero-order chi connectivity index (χ0) is 24.3. The molecule has 0 saturated heterocycles. The van der Waals surface area contributed by atoms with Crippen molar-refractivity contribution in [2.75, 3.05) is 13.1 Å². The number of amides is 2. The minimum atomic E-state index is -4.77. The number of carbonyl (C=O) groups is 2. The fourth-order valence-corrected chi connectivity index (χ4v) is 4.05. The Bertz CT molecular complexity index is 1210. The molecule has 1 heterocycles. The minimum Gasteiger partial charge on any atom is -0.352 e. The van der Waals surface area contributed by atoms with Gasteiger partial charge in [0, 0.05) is 25.2 Å². The molecule has 176 valence electrons. The lowest BCUT2D eigenvalue weighted by Gasteiger charge is -2.30. The molecule has 8 heteroatoms. The van der Waals surface area contributed by atoms with Crippen molar-refractivity contribution < 1.29 is 27.2 Å². The molecule has 1 aliphatic rings. The van der Waals surface area contributed by atoms with Gasteiger partial charge in [-0.05, 0) is 59.9 Å². The van der Waals surface area contributed by atoms with Gasteiger partial charge in [-0.2, -0.15) is 13.2 Å². The van der Waals surface area contributed by atoms with Gasteiger partial charge in [-0.15, -0.1) is 0 Å². The lowest BCUT2D eigenvalue weighted by molar-refractivity contribution is -0.138. The summed E-state index contributed by atoms with van der Waals surface area (Å²) in [4.78, 5) is 26.6. The van der Waals surface area contributed by atoms with Crippen molar-refractivity contribution in [3.63, 3.8) is 0 Å². The van der Waals surface area contributed by atoms with Crippen LogP contribution in [-0.2, 0) is 25.6 Å². The summed E-state index contributed by atoms with van der Waals surface area (Å²) in [7, 11) is 0. The summed E-state index contributed by atoms with van der Waals surface area (Å²) in [5.41, 5.74) is 1.33. The maximum Gasteiger partial charge on any atom is 0.417 e. The Morgan fingerprint density at radius 2 is 1.71 bits per heavy atom. The van der Waals surface area contributed by atoms with Crippen molar-refractivity contribution in [3.05, 3.63) is 106 Å². The van der Waals surface area contributed by atoms with Crippen molar-refractivity contribution in [2.45, 2.75) is 25.6 Å². The van der Waals surface area contributed by atoms with Crippen LogP contribution in [0.2, 0.25) is 0 Å². The van der Waals surface area contributed by atoms with Crippen LogP contribution in [0, 0.1) is 5.82 Å². The molecule has 3 aromatic rings. The van der Waals surface area contributed by atoms with E-state index in [0.717, 1.165) is 16.7 Å². The van der Waals surface area contributed by atoms with Crippen LogP contribution in [-0.4, -0.2) is 29.8 Å². The molecular formula is C26H22F4N2O2. The van der Waals surface area contributed by atoms with Crippen LogP contribution < -0.4 is 5.32 Å². The van der Waals surface area contributed by atoms with Gasteiger partial charge in [0.25, 0.3) is 11.8 Å². The Kier molecular flexibility index (Phi) is 6.68. The monoisotopic (exact) mass is 470 g/mol. The lowest BCUT2D eigenvalue weighted by atomic mass is 9.96. The Balaban J connectivity index is 1.43. The van der Waals surface area contributed by atoms with Crippen LogP contribution in [0.4, 0.5) is 17.6 Å². The Hall–Kier alpha value is -3.68. The molecule has 0 fully saturated rings. The number of hydrogen-bond donors (Lipinski definition) is 1. The van der Waals surface area contributed by atoms with Crippen molar-refractivity contribution >= 4 is 11.8 Å². The molecule has 0 bridgehead atoms. The molecule has 0 radical (unpaired) electrons. The topological polar surface area (TPSA) is 49.4 Å². The SMILES string of the molecule is O=C(NCCc1ccccc1)c1ccc2c(c1)CCN(C(=O)c1cc(F)ccc1C(F)(F)F)C2. The molecule has 34 heavy (non-hydrogen) atoms. The molecule has 0 atom stereocenters. The van der Waals surface area contributed by atoms with Gasteiger partial charge >= 0.3 is 6.18 Å². The standard InChI is InChI=1S/C26H22F4N2O2/c27-21-8-9-23(26(28,29)30)22(15-21)25(34)32-13-11-18-14-19(6-7-20(18)16-32)24(33)31-12-10-17-4-2-1-3-5-17/h1-9,14-15H,10-13,16H2,(H,31,33). The maximum absolute atomic E-state index is 13.6.